The van der Waals surface area contributed by atoms with E-state index in [1.165, 1.54) is 0 Å². The summed E-state index contributed by atoms with van der Waals surface area (Å²) in [6, 6.07) is 0. The minimum absolute atomic E-state index is 0.314. The summed E-state index contributed by atoms with van der Waals surface area (Å²) >= 11 is 0. The van der Waals surface area contributed by atoms with Crippen LogP contribution in [0.3, 0.4) is 0 Å². The topological polar surface area (TPSA) is 12.4 Å². The van der Waals surface area contributed by atoms with E-state index >= 15 is 0 Å². The lowest BCUT2D eigenvalue weighted by Gasteiger charge is -2.12. The molecule has 0 N–H and O–H groups in total. The van der Waals surface area contributed by atoms with E-state index in [0.29, 0.717) is 5.41 Å². The molecule has 0 fully saturated rings. The summed E-state index contributed by atoms with van der Waals surface area (Å²) in [5.74, 6) is 5.88. The second kappa shape index (κ2) is 4.11. The lowest BCUT2D eigenvalue weighted by atomic mass is 9.93. The van der Waals surface area contributed by atoms with Gasteiger partial charge in [0.2, 0.25) is 0 Å². The van der Waals surface area contributed by atoms with Crippen molar-refractivity contribution in [2.24, 2.45) is 10.4 Å². The van der Waals surface area contributed by atoms with Gasteiger partial charge in [-0.3, -0.25) is 4.99 Å². The molecule has 0 amide bonds. The lowest BCUT2D eigenvalue weighted by molar-refractivity contribution is 0.428. The van der Waals surface area contributed by atoms with Crippen molar-refractivity contribution in [1.29, 1.82) is 0 Å². The highest BCUT2D eigenvalue weighted by Gasteiger charge is 2.05. The highest BCUT2D eigenvalue weighted by atomic mass is 14.6. The van der Waals surface area contributed by atoms with E-state index in [9.17, 15) is 0 Å². The first-order chi connectivity index (χ1) is 4.56. The van der Waals surface area contributed by atoms with Gasteiger partial charge in [-0.2, -0.15) is 0 Å². The Morgan fingerprint density at radius 3 is 2.40 bits per heavy atom. The van der Waals surface area contributed by atoms with E-state index in [4.69, 9.17) is 0 Å². The molecule has 0 radical (unpaired) electrons. The van der Waals surface area contributed by atoms with Crippen LogP contribution in [0.25, 0.3) is 0 Å². The largest absolute Gasteiger partial charge is 0.288 e. The minimum atomic E-state index is 0.314. The first-order valence-electron chi connectivity index (χ1n) is 3.45. The third-order valence-corrected chi connectivity index (χ3v) is 0.914. The molecule has 0 heterocycles. The van der Waals surface area contributed by atoms with Crippen molar-refractivity contribution in [3.63, 3.8) is 0 Å². The molecule has 0 atom stereocenters. The number of aliphatic imine (C=N–C) groups is 1. The average molecular weight is 137 g/mol. The monoisotopic (exact) mass is 137 g/mol. The summed E-state index contributed by atoms with van der Waals surface area (Å²) in [6.45, 7) is 6.51. The maximum absolute atomic E-state index is 3.76. The second-order valence-corrected chi connectivity index (χ2v) is 3.45. The van der Waals surface area contributed by atoms with Crippen molar-refractivity contribution in [1.82, 2.24) is 0 Å². The van der Waals surface area contributed by atoms with Gasteiger partial charge in [-0.05, 0) is 5.41 Å². The summed E-state index contributed by atoms with van der Waals surface area (Å²) in [5.41, 5.74) is 0.314. The minimum Gasteiger partial charge on any atom is -0.288 e. The van der Waals surface area contributed by atoms with Gasteiger partial charge >= 0.3 is 0 Å². The normalized spacial score (nSPS) is 11.2. The van der Waals surface area contributed by atoms with Crippen LogP contribution in [0.5, 0.6) is 0 Å². The van der Waals surface area contributed by atoms with Gasteiger partial charge in [0.25, 0.3) is 0 Å². The molecule has 0 aliphatic heterocycles. The molecule has 0 aromatic carbocycles. The third-order valence-electron chi connectivity index (χ3n) is 0.914. The molecule has 10 heavy (non-hydrogen) atoms. The van der Waals surface area contributed by atoms with E-state index in [1.54, 1.807) is 13.3 Å². The Hall–Kier alpha value is -0.770. The SMILES string of the molecule is CN=CC#CCC(C)(C)C. The fraction of sp³-hybridized carbons (Fsp3) is 0.667. The first-order valence-corrected chi connectivity index (χ1v) is 3.45. The Kier molecular flexibility index (Phi) is 3.79. The summed E-state index contributed by atoms with van der Waals surface area (Å²) < 4.78 is 0. The third kappa shape index (κ3) is 7.23. The van der Waals surface area contributed by atoms with Crippen molar-refractivity contribution in [2.75, 3.05) is 7.05 Å². The predicted octanol–water partition coefficient (Wildman–Crippen LogP) is 2.13. The molecule has 1 heteroatoms. The van der Waals surface area contributed by atoms with Crippen LogP contribution in [0.2, 0.25) is 0 Å². The number of hydrogen-bond acceptors (Lipinski definition) is 1. The molecule has 0 unspecified atom stereocenters. The maximum Gasteiger partial charge on any atom is 0.0707 e. The van der Waals surface area contributed by atoms with Gasteiger partial charge < -0.3 is 0 Å². The van der Waals surface area contributed by atoms with Crippen LogP contribution in [0.1, 0.15) is 27.2 Å². The zero-order valence-corrected chi connectivity index (χ0v) is 7.23. The zero-order valence-electron chi connectivity index (χ0n) is 7.23. The van der Waals surface area contributed by atoms with E-state index in [-0.39, 0.29) is 0 Å². The van der Waals surface area contributed by atoms with Crippen molar-refractivity contribution < 1.29 is 0 Å². The fourth-order valence-corrected chi connectivity index (χ4v) is 0.426. The second-order valence-electron chi connectivity index (χ2n) is 3.45. The first kappa shape index (κ1) is 9.23. The molecule has 0 rings (SSSR count). The van der Waals surface area contributed by atoms with Gasteiger partial charge in [-0.15, -0.1) is 0 Å². The molecule has 0 aliphatic rings. The summed E-state index contributed by atoms with van der Waals surface area (Å²) in [5, 5.41) is 0. The lowest BCUT2D eigenvalue weighted by Crippen LogP contribution is -2.01. The molecule has 0 saturated heterocycles. The maximum atomic E-state index is 3.76. The number of rotatable bonds is 0. The molecule has 1 nitrogen and oxygen atoms in total. The molecule has 0 bridgehead atoms. The quantitative estimate of drug-likeness (QED) is 0.358. The van der Waals surface area contributed by atoms with Crippen LogP contribution in [-0.2, 0) is 0 Å². The van der Waals surface area contributed by atoms with Gasteiger partial charge in [0.15, 0.2) is 0 Å². The standard InChI is InChI=1S/C9H15N/c1-9(2,3)7-5-6-8-10-4/h8H,7H2,1-4H3. The summed E-state index contributed by atoms with van der Waals surface area (Å²) in [4.78, 5) is 3.76. The Morgan fingerprint density at radius 2 is 2.00 bits per heavy atom. The Bertz CT molecular complexity index is 161. The van der Waals surface area contributed by atoms with Gasteiger partial charge in [0.05, 0.1) is 6.21 Å². The van der Waals surface area contributed by atoms with Crippen LogP contribution in [0.4, 0.5) is 0 Å². The highest BCUT2D eigenvalue weighted by molar-refractivity contribution is 5.77. The van der Waals surface area contributed by atoms with E-state index < -0.39 is 0 Å². The Balaban J connectivity index is 3.67. The summed E-state index contributed by atoms with van der Waals surface area (Å²) in [7, 11) is 1.73. The molecule has 0 aliphatic carbocycles. The van der Waals surface area contributed by atoms with Gasteiger partial charge in [-0.1, -0.05) is 32.6 Å². The molecule has 0 aromatic heterocycles. The van der Waals surface area contributed by atoms with Crippen LogP contribution in [0.15, 0.2) is 4.99 Å². The van der Waals surface area contributed by atoms with Gasteiger partial charge in [-0.25, -0.2) is 0 Å². The molecule has 0 aromatic rings. The molecule has 56 valence electrons. The Morgan fingerprint density at radius 1 is 1.40 bits per heavy atom. The van der Waals surface area contributed by atoms with Crippen molar-refractivity contribution in [3.8, 4) is 11.8 Å². The number of nitrogens with zero attached hydrogens (tertiary/aromatic N) is 1. The van der Waals surface area contributed by atoms with Gasteiger partial charge in [0, 0.05) is 13.5 Å². The predicted molar refractivity (Wildman–Crippen MR) is 46.3 cm³/mol. The zero-order chi connectivity index (χ0) is 8.04. The molecular weight excluding hydrogens is 122 g/mol. The smallest absolute Gasteiger partial charge is 0.0707 e. The molecule has 0 spiro atoms. The van der Waals surface area contributed by atoms with Crippen LogP contribution >= 0.6 is 0 Å². The van der Waals surface area contributed by atoms with Crippen molar-refractivity contribution in [2.45, 2.75) is 27.2 Å². The Labute approximate surface area is 63.6 Å². The van der Waals surface area contributed by atoms with Crippen LogP contribution < -0.4 is 0 Å². The number of hydrogen-bond donors (Lipinski definition) is 0. The van der Waals surface area contributed by atoms with Crippen molar-refractivity contribution >= 4 is 6.21 Å². The van der Waals surface area contributed by atoms with E-state index in [1.807, 2.05) is 0 Å². The average Bonchev–Trinajstić information content (AvgIpc) is 1.78. The molecule has 0 saturated carbocycles. The van der Waals surface area contributed by atoms with Crippen LogP contribution in [0, 0.1) is 17.3 Å². The summed E-state index contributed by atoms with van der Waals surface area (Å²) in [6.07, 6.45) is 2.56. The molecular formula is C9H15N. The van der Waals surface area contributed by atoms with Gasteiger partial charge in [0.1, 0.15) is 0 Å². The van der Waals surface area contributed by atoms with Crippen LogP contribution in [-0.4, -0.2) is 13.3 Å². The highest BCUT2D eigenvalue weighted by Crippen LogP contribution is 2.16. The van der Waals surface area contributed by atoms with E-state index in [0.717, 1.165) is 6.42 Å². The van der Waals surface area contributed by atoms with Crippen molar-refractivity contribution in [3.05, 3.63) is 0 Å². The van der Waals surface area contributed by atoms with E-state index in [2.05, 4.69) is 37.6 Å². The fourth-order valence-electron chi connectivity index (χ4n) is 0.426.